The number of benzene rings is 1. The predicted octanol–water partition coefficient (Wildman–Crippen LogP) is 3.14. The molecule has 1 N–H and O–H groups in total. The van der Waals surface area contributed by atoms with Gasteiger partial charge < -0.3 is 14.6 Å². The van der Waals surface area contributed by atoms with Crippen molar-refractivity contribution >= 4 is 17.7 Å². The molecule has 17 heavy (non-hydrogen) atoms. The molecule has 0 amide bonds. The second-order valence-electron chi connectivity index (χ2n) is 3.52. The molecule has 0 fully saturated rings. The van der Waals surface area contributed by atoms with Crippen molar-refractivity contribution in [3.05, 3.63) is 28.3 Å². The molecule has 0 aliphatic carbocycles. The van der Waals surface area contributed by atoms with Crippen LogP contribution in [-0.4, -0.2) is 25.9 Å². The number of halogens is 1. The van der Waals surface area contributed by atoms with Crippen molar-refractivity contribution in [3.8, 4) is 11.5 Å². The molecule has 0 aromatic heterocycles. The van der Waals surface area contributed by atoms with Gasteiger partial charge in [-0.2, -0.15) is 0 Å². The van der Waals surface area contributed by atoms with Crippen molar-refractivity contribution in [2.24, 2.45) is 0 Å². The van der Waals surface area contributed by atoms with E-state index >= 15 is 0 Å². The molecule has 0 spiro atoms. The van der Waals surface area contributed by atoms with Crippen LogP contribution in [0.25, 0.3) is 6.08 Å². The van der Waals surface area contributed by atoms with Gasteiger partial charge in [0.05, 0.1) is 25.8 Å². The molecular formula is C13H17ClO3. The molecule has 0 radical (unpaired) electrons. The summed E-state index contributed by atoms with van der Waals surface area (Å²) in [7, 11) is 3.11. The van der Waals surface area contributed by atoms with Crippen LogP contribution in [0.3, 0.4) is 0 Å². The summed E-state index contributed by atoms with van der Waals surface area (Å²) in [6.45, 7) is 2.01. The Balaban J connectivity index is 3.23. The first kappa shape index (κ1) is 13.9. The van der Waals surface area contributed by atoms with Gasteiger partial charge in [-0.05, 0) is 29.7 Å². The summed E-state index contributed by atoms with van der Waals surface area (Å²) in [6.07, 6.45) is 2.64. The molecule has 0 saturated carbocycles. The SMILES string of the molecule is CCC(=Cc1ccc(OC)c(OC)c1Cl)CO. The first-order valence-electron chi connectivity index (χ1n) is 5.38. The summed E-state index contributed by atoms with van der Waals surface area (Å²) in [5, 5.41) is 9.63. The number of hydrogen-bond acceptors (Lipinski definition) is 3. The van der Waals surface area contributed by atoms with Gasteiger partial charge in [0.15, 0.2) is 11.5 Å². The summed E-state index contributed by atoms with van der Waals surface area (Å²) >= 11 is 6.22. The van der Waals surface area contributed by atoms with Crippen LogP contribution in [0.15, 0.2) is 17.7 Å². The summed E-state index contributed by atoms with van der Waals surface area (Å²) in [4.78, 5) is 0. The highest BCUT2D eigenvalue weighted by Gasteiger charge is 2.11. The van der Waals surface area contributed by atoms with Gasteiger partial charge in [-0.1, -0.05) is 24.6 Å². The fourth-order valence-corrected chi connectivity index (χ4v) is 1.78. The lowest BCUT2D eigenvalue weighted by molar-refractivity contribution is 0.329. The molecule has 0 unspecified atom stereocenters. The monoisotopic (exact) mass is 256 g/mol. The molecule has 0 atom stereocenters. The van der Waals surface area contributed by atoms with Crippen LogP contribution in [0, 0.1) is 0 Å². The Labute approximate surface area is 107 Å². The first-order valence-corrected chi connectivity index (χ1v) is 5.76. The van der Waals surface area contributed by atoms with Crippen molar-refractivity contribution in [1.82, 2.24) is 0 Å². The van der Waals surface area contributed by atoms with Crippen LogP contribution >= 0.6 is 11.6 Å². The topological polar surface area (TPSA) is 38.7 Å². The number of aliphatic hydroxyl groups is 1. The average molecular weight is 257 g/mol. The van der Waals surface area contributed by atoms with E-state index in [1.165, 1.54) is 0 Å². The lowest BCUT2D eigenvalue weighted by Crippen LogP contribution is -1.94. The van der Waals surface area contributed by atoms with Crippen LogP contribution < -0.4 is 9.47 Å². The van der Waals surface area contributed by atoms with Crippen molar-refractivity contribution < 1.29 is 14.6 Å². The van der Waals surface area contributed by atoms with Gasteiger partial charge in [-0.3, -0.25) is 0 Å². The van der Waals surface area contributed by atoms with Gasteiger partial charge in [0.2, 0.25) is 0 Å². The van der Waals surface area contributed by atoms with E-state index < -0.39 is 0 Å². The summed E-state index contributed by atoms with van der Waals surface area (Å²) < 4.78 is 10.4. The minimum Gasteiger partial charge on any atom is -0.493 e. The first-order chi connectivity index (χ1) is 8.17. The lowest BCUT2D eigenvalue weighted by Gasteiger charge is -2.11. The molecule has 4 heteroatoms. The molecule has 0 heterocycles. The third kappa shape index (κ3) is 3.14. The maximum absolute atomic E-state index is 9.14. The summed E-state index contributed by atoms with van der Waals surface area (Å²) in [5.74, 6) is 1.10. The number of hydrogen-bond donors (Lipinski definition) is 1. The van der Waals surface area contributed by atoms with Crippen molar-refractivity contribution in [3.63, 3.8) is 0 Å². The van der Waals surface area contributed by atoms with Crippen LogP contribution in [0.4, 0.5) is 0 Å². The van der Waals surface area contributed by atoms with Gasteiger partial charge in [-0.25, -0.2) is 0 Å². The maximum Gasteiger partial charge on any atom is 0.179 e. The Morgan fingerprint density at radius 2 is 2.06 bits per heavy atom. The van der Waals surface area contributed by atoms with E-state index in [2.05, 4.69) is 0 Å². The lowest BCUT2D eigenvalue weighted by atomic mass is 10.1. The van der Waals surface area contributed by atoms with Gasteiger partial charge in [0.25, 0.3) is 0 Å². The largest absolute Gasteiger partial charge is 0.493 e. The zero-order chi connectivity index (χ0) is 12.8. The molecule has 0 saturated heterocycles. The molecule has 0 bridgehead atoms. The van der Waals surface area contributed by atoms with E-state index in [0.717, 1.165) is 17.6 Å². The highest BCUT2D eigenvalue weighted by Crippen LogP contribution is 2.38. The second-order valence-corrected chi connectivity index (χ2v) is 3.90. The van der Waals surface area contributed by atoms with Gasteiger partial charge in [0, 0.05) is 0 Å². The van der Waals surface area contributed by atoms with E-state index in [1.807, 2.05) is 19.1 Å². The Hall–Kier alpha value is -1.19. The molecule has 1 aromatic rings. The molecule has 94 valence electrons. The minimum atomic E-state index is 0.0289. The Morgan fingerprint density at radius 3 is 2.53 bits per heavy atom. The number of rotatable bonds is 5. The molecule has 0 aliphatic heterocycles. The molecule has 3 nitrogen and oxygen atoms in total. The van der Waals surface area contributed by atoms with Crippen LogP contribution in [0.5, 0.6) is 11.5 Å². The minimum absolute atomic E-state index is 0.0289. The van der Waals surface area contributed by atoms with Crippen molar-refractivity contribution in [2.45, 2.75) is 13.3 Å². The maximum atomic E-state index is 9.14. The summed E-state index contributed by atoms with van der Waals surface area (Å²) in [5.41, 5.74) is 1.73. The van der Waals surface area contributed by atoms with Crippen LogP contribution in [-0.2, 0) is 0 Å². The quantitative estimate of drug-likeness (QED) is 0.880. The Kier molecular flexibility index (Phi) is 5.32. The molecule has 0 aliphatic rings. The zero-order valence-electron chi connectivity index (χ0n) is 10.3. The predicted molar refractivity (Wildman–Crippen MR) is 69.9 cm³/mol. The normalized spacial score (nSPS) is 11.5. The number of ether oxygens (including phenoxy) is 2. The summed E-state index contributed by atoms with van der Waals surface area (Å²) in [6, 6.07) is 3.64. The standard InChI is InChI=1S/C13H17ClO3/c1-4-9(8-15)7-10-5-6-11(16-2)13(17-3)12(10)14/h5-7,15H,4,8H2,1-3H3. The Morgan fingerprint density at radius 1 is 1.35 bits per heavy atom. The van der Waals surface area contributed by atoms with E-state index in [-0.39, 0.29) is 6.61 Å². The molecular weight excluding hydrogens is 240 g/mol. The number of methoxy groups -OCH3 is 2. The van der Waals surface area contributed by atoms with Gasteiger partial charge in [0.1, 0.15) is 0 Å². The second kappa shape index (κ2) is 6.52. The molecule has 1 aromatic carbocycles. The van der Waals surface area contributed by atoms with Crippen molar-refractivity contribution in [2.75, 3.05) is 20.8 Å². The number of aliphatic hydroxyl groups excluding tert-OH is 1. The van der Waals surface area contributed by atoms with Crippen LogP contribution in [0.2, 0.25) is 5.02 Å². The van der Waals surface area contributed by atoms with E-state index in [0.29, 0.717) is 16.5 Å². The van der Waals surface area contributed by atoms with Crippen molar-refractivity contribution in [1.29, 1.82) is 0 Å². The highest BCUT2D eigenvalue weighted by atomic mass is 35.5. The van der Waals surface area contributed by atoms with Gasteiger partial charge in [-0.15, -0.1) is 0 Å². The van der Waals surface area contributed by atoms with Gasteiger partial charge >= 0.3 is 0 Å². The molecule has 1 rings (SSSR count). The smallest absolute Gasteiger partial charge is 0.179 e. The average Bonchev–Trinajstić information content (AvgIpc) is 2.37. The van der Waals surface area contributed by atoms with E-state index in [9.17, 15) is 0 Å². The zero-order valence-corrected chi connectivity index (χ0v) is 11.0. The third-order valence-corrected chi connectivity index (χ3v) is 2.92. The van der Waals surface area contributed by atoms with E-state index in [4.69, 9.17) is 26.2 Å². The highest BCUT2D eigenvalue weighted by molar-refractivity contribution is 6.33. The fraction of sp³-hybridized carbons (Fsp3) is 0.385. The van der Waals surface area contributed by atoms with E-state index in [1.54, 1.807) is 20.3 Å². The third-order valence-electron chi connectivity index (χ3n) is 2.53. The van der Waals surface area contributed by atoms with Crippen LogP contribution in [0.1, 0.15) is 18.9 Å². The Bertz CT molecular complexity index is 407. The fourth-order valence-electron chi connectivity index (χ4n) is 1.50.